The highest BCUT2D eigenvalue weighted by molar-refractivity contribution is 5.14. The predicted octanol–water partition coefficient (Wildman–Crippen LogP) is 2.61. The summed E-state index contributed by atoms with van der Waals surface area (Å²) < 4.78 is 5.80. The van der Waals surface area contributed by atoms with E-state index in [9.17, 15) is 5.11 Å². The number of nitrogens with zero attached hydrogens (tertiary/aromatic N) is 1. The maximum absolute atomic E-state index is 10.5. The minimum Gasteiger partial charge on any atom is -0.392 e. The van der Waals surface area contributed by atoms with Crippen molar-refractivity contribution in [3.63, 3.8) is 0 Å². The van der Waals surface area contributed by atoms with Crippen LogP contribution < -0.4 is 0 Å². The molecule has 1 saturated heterocycles. The molecule has 2 heterocycles. The zero-order valence-corrected chi connectivity index (χ0v) is 12.3. The Kier molecular flexibility index (Phi) is 4.58. The van der Waals surface area contributed by atoms with E-state index < -0.39 is 0 Å². The predicted molar refractivity (Wildman–Crippen MR) is 76.0 cm³/mol. The lowest BCUT2D eigenvalue weighted by molar-refractivity contribution is 0.0237. The van der Waals surface area contributed by atoms with E-state index in [1.54, 1.807) is 0 Å². The van der Waals surface area contributed by atoms with Crippen LogP contribution in [0.5, 0.6) is 0 Å². The molecule has 0 aromatic carbocycles. The summed E-state index contributed by atoms with van der Waals surface area (Å²) in [6, 6.07) is 4.12. The number of aliphatic hydroxyl groups excluding tert-OH is 1. The number of aryl methyl sites for hydroxylation is 1. The summed E-state index contributed by atoms with van der Waals surface area (Å²) in [5.74, 6) is 0.586. The second-order valence-electron chi connectivity index (χ2n) is 5.77. The van der Waals surface area contributed by atoms with Gasteiger partial charge in [-0.15, -0.1) is 0 Å². The van der Waals surface area contributed by atoms with Crippen molar-refractivity contribution in [1.29, 1.82) is 0 Å². The SMILES string of the molecule is CCc1ccc(CC(O)C2C(C)OC(C)C2C)nc1. The summed E-state index contributed by atoms with van der Waals surface area (Å²) in [5.41, 5.74) is 2.20. The van der Waals surface area contributed by atoms with Crippen molar-refractivity contribution < 1.29 is 9.84 Å². The Hall–Kier alpha value is -0.930. The van der Waals surface area contributed by atoms with Crippen LogP contribution in [0.25, 0.3) is 0 Å². The van der Waals surface area contributed by atoms with Crippen molar-refractivity contribution >= 4 is 0 Å². The third kappa shape index (κ3) is 3.15. The topological polar surface area (TPSA) is 42.4 Å². The van der Waals surface area contributed by atoms with E-state index in [4.69, 9.17) is 4.74 Å². The minimum atomic E-state index is -0.380. The quantitative estimate of drug-likeness (QED) is 0.908. The average Bonchev–Trinajstić information content (AvgIpc) is 2.64. The molecule has 3 heteroatoms. The van der Waals surface area contributed by atoms with Gasteiger partial charge in [0.15, 0.2) is 0 Å². The van der Waals surface area contributed by atoms with Crippen molar-refractivity contribution in [1.82, 2.24) is 4.98 Å². The molecular weight excluding hydrogens is 238 g/mol. The highest BCUT2D eigenvalue weighted by Gasteiger charge is 2.41. The fraction of sp³-hybridized carbons (Fsp3) is 0.688. The van der Waals surface area contributed by atoms with Gasteiger partial charge in [0.25, 0.3) is 0 Å². The number of pyridine rings is 1. The highest BCUT2D eigenvalue weighted by Crippen LogP contribution is 2.35. The molecule has 5 atom stereocenters. The molecule has 0 spiro atoms. The molecule has 0 aliphatic carbocycles. The highest BCUT2D eigenvalue weighted by atomic mass is 16.5. The lowest BCUT2D eigenvalue weighted by Crippen LogP contribution is -2.32. The van der Waals surface area contributed by atoms with Gasteiger partial charge in [0.05, 0.1) is 18.3 Å². The number of aliphatic hydroxyl groups is 1. The molecular formula is C16H25NO2. The van der Waals surface area contributed by atoms with Crippen LogP contribution in [0.2, 0.25) is 0 Å². The molecule has 1 N–H and O–H groups in total. The second kappa shape index (κ2) is 6.02. The van der Waals surface area contributed by atoms with Crippen LogP contribution in [0.4, 0.5) is 0 Å². The summed E-state index contributed by atoms with van der Waals surface area (Å²) in [6.07, 6.45) is 3.48. The van der Waals surface area contributed by atoms with Gasteiger partial charge in [-0.3, -0.25) is 4.98 Å². The molecule has 3 nitrogen and oxygen atoms in total. The van der Waals surface area contributed by atoms with Crippen LogP contribution in [-0.2, 0) is 17.6 Å². The van der Waals surface area contributed by atoms with E-state index in [0.717, 1.165) is 12.1 Å². The van der Waals surface area contributed by atoms with E-state index in [0.29, 0.717) is 12.3 Å². The monoisotopic (exact) mass is 263 g/mol. The van der Waals surface area contributed by atoms with Crippen molar-refractivity contribution in [2.45, 2.75) is 58.8 Å². The first-order chi connectivity index (χ1) is 9.02. The van der Waals surface area contributed by atoms with Gasteiger partial charge in [-0.1, -0.05) is 19.9 Å². The lowest BCUT2D eigenvalue weighted by atomic mass is 9.83. The third-order valence-corrected chi connectivity index (χ3v) is 4.48. The van der Waals surface area contributed by atoms with Crippen molar-refractivity contribution in [3.8, 4) is 0 Å². The van der Waals surface area contributed by atoms with Crippen LogP contribution in [0.3, 0.4) is 0 Å². The normalized spacial score (nSPS) is 32.5. The molecule has 19 heavy (non-hydrogen) atoms. The van der Waals surface area contributed by atoms with Gasteiger partial charge in [0, 0.05) is 24.2 Å². The number of aromatic nitrogens is 1. The Morgan fingerprint density at radius 2 is 2.00 bits per heavy atom. The van der Waals surface area contributed by atoms with Gasteiger partial charge in [-0.2, -0.15) is 0 Å². The second-order valence-corrected chi connectivity index (χ2v) is 5.77. The molecule has 0 saturated carbocycles. The molecule has 0 radical (unpaired) electrons. The smallest absolute Gasteiger partial charge is 0.0651 e. The standard InChI is InChI=1S/C16H25NO2/c1-5-13-6-7-14(17-9-13)8-15(18)16-10(2)11(3)19-12(16)4/h6-7,9-12,15-16,18H,5,8H2,1-4H3. The molecule has 1 aromatic heterocycles. The first-order valence-corrected chi connectivity index (χ1v) is 7.30. The van der Waals surface area contributed by atoms with E-state index in [-0.39, 0.29) is 24.2 Å². The van der Waals surface area contributed by atoms with E-state index in [1.807, 2.05) is 12.3 Å². The van der Waals surface area contributed by atoms with Gasteiger partial charge < -0.3 is 9.84 Å². The first-order valence-electron chi connectivity index (χ1n) is 7.30. The van der Waals surface area contributed by atoms with Crippen LogP contribution in [0.1, 0.15) is 39.0 Å². The minimum absolute atomic E-state index is 0.120. The zero-order chi connectivity index (χ0) is 14.0. The molecule has 0 bridgehead atoms. The van der Waals surface area contributed by atoms with Gasteiger partial charge in [-0.25, -0.2) is 0 Å². The Morgan fingerprint density at radius 3 is 2.47 bits per heavy atom. The summed E-state index contributed by atoms with van der Waals surface area (Å²) >= 11 is 0. The third-order valence-electron chi connectivity index (χ3n) is 4.48. The number of ether oxygens (including phenoxy) is 1. The molecule has 0 amide bonds. The average molecular weight is 263 g/mol. The summed E-state index contributed by atoms with van der Waals surface area (Å²) in [6.45, 7) is 8.42. The number of hydrogen-bond donors (Lipinski definition) is 1. The van der Waals surface area contributed by atoms with Crippen LogP contribution in [0.15, 0.2) is 18.3 Å². The molecule has 1 aromatic rings. The first kappa shape index (κ1) is 14.5. The van der Waals surface area contributed by atoms with Crippen molar-refractivity contribution in [3.05, 3.63) is 29.6 Å². The molecule has 1 fully saturated rings. The van der Waals surface area contributed by atoms with Crippen LogP contribution >= 0.6 is 0 Å². The molecule has 106 valence electrons. The largest absolute Gasteiger partial charge is 0.392 e. The van der Waals surface area contributed by atoms with Gasteiger partial charge in [0.1, 0.15) is 0 Å². The van der Waals surface area contributed by atoms with Gasteiger partial charge in [0.2, 0.25) is 0 Å². The number of hydrogen-bond acceptors (Lipinski definition) is 3. The Balaban J connectivity index is 2.01. The van der Waals surface area contributed by atoms with E-state index >= 15 is 0 Å². The maximum Gasteiger partial charge on any atom is 0.0651 e. The molecule has 1 aliphatic heterocycles. The summed E-state index contributed by atoms with van der Waals surface area (Å²) in [7, 11) is 0. The van der Waals surface area contributed by atoms with E-state index in [1.165, 1.54) is 5.56 Å². The van der Waals surface area contributed by atoms with Gasteiger partial charge in [-0.05, 0) is 37.8 Å². The van der Waals surface area contributed by atoms with Crippen molar-refractivity contribution in [2.24, 2.45) is 11.8 Å². The summed E-state index contributed by atoms with van der Waals surface area (Å²) in [4.78, 5) is 4.43. The molecule has 1 aliphatic rings. The Bertz CT molecular complexity index is 404. The Morgan fingerprint density at radius 1 is 1.26 bits per heavy atom. The fourth-order valence-corrected chi connectivity index (χ4v) is 3.09. The maximum atomic E-state index is 10.5. The fourth-order valence-electron chi connectivity index (χ4n) is 3.09. The lowest BCUT2D eigenvalue weighted by Gasteiger charge is -2.24. The van der Waals surface area contributed by atoms with Crippen LogP contribution in [-0.4, -0.2) is 28.4 Å². The molecule has 2 rings (SSSR count). The summed E-state index contributed by atoms with van der Waals surface area (Å²) in [5, 5.41) is 10.5. The number of rotatable bonds is 4. The molecule has 5 unspecified atom stereocenters. The van der Waals surface area contributed by atoms with Gasteiger partial charge >= 0.3 is 0 Å². The Labute approximate surface area is 116 Å². The van der Waals surface area contributed by atoms with Crippen LogP contribution in [0, 0.1) is 11.8 Å². The zero-order valence-electron chi connectivity index (χ0n) is 12.3. The van der Waals surface area contributed by atoms with E-state index in [2.05, 4.69) is 38.7 Å². The van der Waals surface area contributed by atoms with Crippen molar-refractivity contribution in [2.75, 3.05) is 0 Å².